The fourth-order valence-electron chi connectivity index (χ4n) is 4.52. The van der Waals surface area contributed by atoms with Crippen LogP contribution in [0.15, 0.2) is 84.9 Å². The second-order valence-corrected chi connectivity index (χ2v) is 9.31. The summed E-state index contributed by atoms with van der Waals surface area (Å²) in [6.45, 7) is 4.19. The first-order valence-electron chi connectivity index (χ1n) is 11.4. The Morgan fingerprint density at radius 2 is 1.71 bits per heavy atom. The highest BCUT2D eigenvalue weighted by molar-refractivity contribution is 6.32. The monoisotopic (exact) mass is 484 g/mol. The lowest BCUT2D eigenvalue weighted by molar-refractivity contribution is -0.126. The molecule has 4 aromatic rings. The maximum atomic E-state index is 14.0. The SMILES string of the molecule is Cc1c(Cl)cccc1N1C(=O)c2cc(-c3ccccc3)nn2C[C@@]1(C)C(=O)NCc1ccccc1. The molecular weight excluding hydrogens is 460 g/mol. The smallest absolute Gasteiger partial charge is 0.277 e. The predicted octanol–water partition coefficient (Wildman–Crippen LogP) is 5.25. The van der Waals surface area contributed by atoms with Crippen molar-refractivity contribution in [2.75, 3.05) is 4.90 Å². The molecule has 0 saturated heterocycles. The van der Waals surface area contributed by atoms with Crippen LogP contribution in [0.4, 0.5) is 5.69 Å². The van der Waals surface area contributed by atoms with Gasteiger partial charge in [-0.05, 0) is 43.2 Å². The van der Waals surface area contributed by atoms with E-state index in [-0.39, 0.29) is 18.4 Å². The maximum Gasteiger partial charge on any atom is 0.277 e. The molecule has 1 aromatic heterocycles. The molecule has 0 fully saturated rings. The van der Waals surface area contributed by atoms with Gasteiger partial charge in [0.25, 0.3) is 5.91 Å². The highest BCUT2D eigenvalue weighted by Crippen LogP contribution is 2.37. The highest BCUT2D eigenvalue weighted by Gasteiger charge is 2.49. The molecule has 5 rings (SSSR count). The Bertz CT molecular complexity index is 1400. The molecule has 7 heteroatoms. The number of hydrogen-bond acceptors (Lipinski definition) is 3. The average molecular weight is 485 g/mol. The van der Waals surface area contributed by atoms with E-state index in [9.17, 15) is 9.59 Å². The van der Waals surface area contributed by atoms with Crippen molar-refractivity contribution in [2.24, 2.45) is 0 Å². The van der Waals surface area contributed by atoms with E-state index in [1.807, 2.05) is 73.7 Å². The van der Waals surface area contributed by atoms with Gasteiger partial charge in [0.05, 0.1) is 12.2 Å². The van der Waals surface area contributed by atoms with E-state index < -0.39 is 5.54 Å². The fraction of sp³-hybridized carbons (Fsp3) is 0.179. The third kappa shape index (κ3) is 4.10. The topological polar surface area (TPSA) is 67.2 Å². The number of amides is 2. The van der Waals surface area contributed by atoms with Gasteiger partial charge >= 0.3 is 0 Å². The van der Waals surface area contributed by atoms with Crippen LogP contribution >= 0.6 is 11.6 Å². The number of hydrogen-bond donors (Lipinski definition) is 1. The van der Waals surface area contributed by atoms with Gasteiger partial charge in [0, 0.05) is 22.8 Å². The van der Waals surface area contributed by atoms with Crippen LogP contribution in [0, 0.1) is 6.92 Å². The van der Waals surface area contributed by atoms with Crippen LogP contribution in [0.25, 0.3) is 11.3 Å². The largest absolute Gasteiger partial charge is 0.350 e. The van der Waals surface area contributed by atoms with Crippen molar-refractivity contribution < 1.29 is 9.59 Å². The molecule has 2 heterocycles. The Labute approximate surface area is 209 Å². The Kier molecular flexibility index (Phi) is 5.91. The molecule has 176 valence electrons. The molecule has 1 aliphatic heterocycles. The maximum absolute atomic E-state index is 14.0. The lowest BCUT2D eigenvalue weighted by Crippen LogP contribution is -2.64. The summed E-state index contributed by atoms with van der Waals surface area (Å²) in [4.78, 5) is 29.3. The summed E-state index contributed by atoms with van der Waals surface area (Å²) in [7, 11) is 0. The van der Waals surface area contributed by atoms with E-state index in [2.05, 4.69) is 5.32 Å². The summed E-state index contributed by atoms with van der Waals surface area (Å²) in [5, 5.41) is 8.26. The van der Waals surface area contributed by atoms with Crippen molar-refractivity contribution >= 4 is 29.1 Å². The van der Waals surface area contributed by atoms with Crippen molar-refractivity contribution in [1.82, 2.24) is 15.1 Å². The minimum atomic E-state index is -1.23. The van der Waals surface area contributed by atoms with Crippen molar-refractivity contribution in [3.8, 4) is 11.3 Å². The van der Waals surface area contributed by atoms with Crippen molar-refractivity contribution in [2.45, 2.75) is 32.5 Å². The number of nitrogens with one attached hydrogen (secondary N) is 1. The molecule has 0 saturated carbocycles. The van der Waals surface area contributed by atoms with Gasteiger partial charge in [0.15, 0.2) is 0 Å². The number of benzene rings is 3. The van der Waals surface area contributed by atoms with Crippen LogP contribution in [0.2, 0.25) is 5.02 Å². The van der Waals surface area contributed by atoms with Crippen LogP contribution in [0.5, 0.6) is 0 Å². The Balaban J connectivity index is 1.58. The van der Waals surface area contributed by atoms with Crippen LogP contribution in [-0.4, -0.2) is 27.1 Å². The number of halogens is 1. The molecule has 0 bridgehead atoms. The standard InChI is InChI=1S/C28H25ClN4O2/c1-19-22(29)14-9-15-24(19)33-26(34)25-16-23(21-12-7-4-8-13-21)31-32(25)18-28(33,2)27(35)30-17-20-10-5-3-6-11-20/h3-16H,17-18H2,1-2H3,(H,30,35)/t28-/m0/s1. The summed E-state index contributed by atoms with van der Waals surface area (Å²) in [6.07, 6.45) is 0. The molecule has 6 nitrogen and oxygen atoms in total. The zero-order valence-corrected chi connectivity index (χ0v) is 20.3. The van der Waals surface area contributed by atoms with Crippen LogP contribution in [-0.2, 0) is 17.9 Å². The van der Waals surface area contributed by atoms with Gasteiger partial charge in [0.2, 0.25) is 5.91 Å². The molecule has 35 heavy (non-hydrogen) atoms. The van der Waals surface area contributed by atoms with Crippen molar-refractivity contribution in [3.05, 3.63) is 107 Å². The molecule has 2 amide bonds. The first kappa shape index (κ1) is 22.9. The molecule has 0 aliphatic carbocycles. The van der Waals surface area contributed by atoms with Crippen molar-refractivity contribution in [1.29, 1.82) is 0 Å². The average Bonchev–Trinajstić information content (AvgIpc) is 3.30. The van der Waals surface area contributed by atoms with Crippen LogP contribution in [0.3, 0.4) is 0 Å². The lowest BCUT2D eigenvalue weighted by Gasteiger charge is -2.43. The van der Waals surface area contributed by atoms with E-state index in [0.717, 1.165) is 16.7 Å². The van der Waals surface area contributed by atoms with Gasteiger partial charge in [-0.2, -0.15) is 5.10 Å². The number of nitrogens with zero attached hydrogens (tertiary/aromatic N) is 3. The Morgan fingerprint density at radius 3 is 2.43 bits per heavy atom. The zero-order chi connectivity index (χ0) is 24.6. The second kappa shape index (κ2) is 9.04. The molecular formula is C28H25ClN4O2. The Hall–Kier alpha value is -3.90. The number of anilines is 1. The van der Waals surface area contributed by atoms with Gasteiger partial charge in [0.1, 0.15) is 11.2 Å². The summed E-state index contributed by atoms with van der Waals surface area (Å²) in [5.41, 5.74) is 3.11. The number of carbonyl (C=O) groups is 2. The first-order chi connectivity index (χ1) is 16.9. The molecule has 0 radical (unpaired) electrons. The molecule has 3 aromatic carbocycles. The summed E-state index contributed by atoms with van der Waals surface area (Å²) < 4.78 is 1.64. The first-order valence-corrected chi connectivity index (χ1v) is 11.8. The Morgan fingerprint density at radius 1 is 1.03 bits per heavy atom. The molecule has 0 spiro atoms. The normalized spacial score (nSPS) is 17.2. The van der Waals surface area contributed by atoms with Crippen LogP contribution in [0.1, 0.15) is 28.5 Å². The van der Waals surface area contributed by atoms with Crippen LogP contribution < -0.4 is 10.2 Å². The van der Waals surface area contributed by atoms with E-state index in [4.69, 9.17) is 16.7 Å². The number of aromatic nitrogens is 2. The van der Waals surface area contributed by atoms with Gasteiger partial charge in [-0.15, -0.1) is 0 Å². The molecule has 1 N–H and O–H groups in total. The number of carbonyl (C=O) groups excluding carboxylic acids is 2. The predicted molar refractivity (Wildman–Crippen MR) is 137 cm³/mol. The van der Waals surface area contributed by atoms with Gasteiger partial charge < -0.3 is 5.32 Å². The quantitative estimate of drug-likeness (QED) is 0.421. The minimum absolute atomic E-state index is 0.202. The highest BCUT2D eigenvalue weighted by atomic mass is 35.5. The van der Waals surface area contributed by atoms with E-state index in [0.29, 0.717) is 28.6 Å². The van der Waals surface area contributed by atoms with Crippen molar-refractivity contribution in [3.63, 3.8) is 0 Å². The van der Waals surface area contributed by atoms with Gasteiger partial charge in [-0.3, -0.25) is 19.2 Å². The second-order valence-electron chi connectivity index (χ2n) is 8.91. The molecule has 1 atom stereocenters. The number of fused-ring (bicyclic) bond motifs is 1. The fourth-order valence-corrected chi connectivity index (χ4v) is 4.69. The molecule has 1 aliphatic rings. The lowest BCUT2D eigenvalue weighted by atomic mass is 9.93. The summed E-state index contributed by atoms with van der Waals surface area (Å²) in [5.74, 6) is -0.565. The zero-order valence-electron chi connectivity index (χ0n) is 19.5. The van der Waals surface area contributed by atoms with Gasteiger partial charge in [-0.25, -0.2) is 0 Å². The minimum Gasteiger partial charge on any atom is -0.350 e. The summed E-state index contributed by atoms with van der Waals surface area (Å²) in [6, 6.07) is 26.5. The third-order valence-electron chi connectivity index (χ3n) is 6.49. The molecule has 0 unspecified atom stereocenters. The number of rotatable bonds is 5. The van der Waals surface area contributed by atoms with E-state index in [1.165, 1.54) is 0 Å². The summed E-state index contributed by atoms with van der Waals surface area (Å²) >= 11 is 6.42. The van der Waals surface area contributed by atoms with E-state index >= 15 is 0 Å². The van der Waals surface area contributed by atoms with E-state index in [1.54, 1.807) is 34.7 Å². The third-order valence-corrected chi connectivity index (χ3v) is 6.90. The van der Waals surface area contributed by atoms with Gasteiger partial charge in [-0.1, -0.05) is 78.3 Å².